The van der Waals surface area contributed by atoms with Crippen molar-refractivity contribution in [2.75, 3.05) is 14.2 Å². The third-order valence-corrected chi connectivity index (χ3v) is 5.87. The molecule has 0 aliphatic carbocycles. The van der Waals surface area contributed by atoms with Gasteiger partial charge in [0, 0.05) is 0 Å². The Morgan fingerprint density at radius 2 is 0.917 bits per heavy atom. The lowest BCUT2D eigenvalue weighted by Crippen LogP contribution is -2.05. The van der Waals surface area contributed by atoms with E-state index < -0.39 is 0 Å². The van der Waals surface area contributed by atoms with Crippen molar-refractivity contribution in [1.82, 2.24) is 0 Å². The van der Waals surface area contributed by atoms with Gasteiger partial charge in [-0.15, -0.1) is 0 Å². The lowest BCUT2D eigenvalue weighted by Gasteiger charge is -2.09. The number of halogens is 1. The van der Waals surface area contributed by atoms with Crippen molar-refractivity contribution in [3.05, 3.63) is 78.6 Å². The fourth-order valence-corrected chi connectivity index (χ4v) is 4.44. The molecule has 2 nitrogen and oxygen atoms in total. The van der Waals surface area contributed by atoms with E-state index in [0.717, 1.165) is 26.2 Å². The summed E-state index contributed by atoms with van der Waals surface area (Å²) in [5.74, 6) is 1.40. The molecule has 0 aromatic heterocycles. The van der Waals surface area contributed by atoms with Gasteiger partial charge in [-0.2, -0.15) is 0 Å². The molecule has 0 atom stereocenters. The van der Waals surface area contributed by atoms with Crippen LogP contribution in [0.4, 0.5) is 4.39 Å². The molecular weight excluding hydrogens is 323 g/mol. The molecule has 0 spiro atoms. The van der Waals surface area contributed by atoms with Gasteiger partial charge in [0.25, 0.3) is 0 Å². The predicted molar refractivity (Wildman–Crippen MR) is 94.6 cm³/mol. The Kier molecular flexibility index (Phi) is 5.06. The molecule has 4 heteroatoms. The van der Waals surface area contributed by atoms with Crippen molar-refractivity contribution in [3.63, 3.8) is 0 Å². The summed E-state index contributed by atoms with van der Waals surface area (Å²) in [6.07, 6.45) is 0. The minimum absolute atomic E-state index is 0.230. The average molecular weight is 341 g/mol. The SMILES string of the molecule is COc1ccc([S+](c2ccc(F)cc2)c2ccc(OC)cc2)cc1. The Morgan fingerprint density at radius 3 is 1.25 bits per heavy atom. The normalized spacial score (nSPS) is 10.7. The summed E-state index contributed by atoms with van der Waals surface area (Å²) >= 11 is 0. The summed E-state index contributed by atoms with van der Waals surface area (Å²) in [6.45, 7) is 0. The quantitative estimate of drug-likeness (QED) is 0.612. The number of hydrogen-bond donors (Lipinski definition) is 0. The van der Waals surface area contributed by atoms with E-state index in [0.29, 0.717) is 0 Å². The summed E-state index contributed by atoms with van der Waals surface area (Å²) < 4.78 is 23.8. The Balaban J connectivity index is 2.06. The highest BCUT2D eigenvalue weighted by Gasteiger charge is 2.28. The van der Waals surface area contributed by atoms with Crippen molar-refractivity contribution in [2.45, 2.75) is 14.7 Å². The third-order valence-electron chi connectivity index (χ3n) is 3.64. The van der Waals surface area contributed by atoms with Crippen LogP contribution in [0.2, 0.25) is 0 Å². The predicted octanol–water partition coefficient (Wildman–Crippen LogP) is 4.94. The molecule has 24 heavy (non-hydrogen) atoms. The molecular formula is C20H18FO2S+. The van der Waals surface area contributed by atoms with Crippen LogP contribution in [0.1, 0.15) is 0 Å². The Labute approximate surface area is 144 Å². The maximum absolute atomic E-state index is 13.3. The summed E-state index contributed by atoms with van der Waals surface area (Å²) in [7, 11) is 2.98. The van der Waals surface area contributed by atoms with Crippen LogP contribution in [-0.2, 0) is 10.9 Å². The van der Waals surface area contributed by atoms with Gasteiger partial charge < -0.3 is 9.47 Å². The second-order valence-electron chi connectivity index (χ2n) is 5.11. The van der Waals surface area contributed by atoms with E-state index in [2.05, 4.69) is 24.3 Å². The van der Waals surface area contributed by atoms with Crippen LogP contribution in [0.3, 0.4) is 0 Å². The van der Waals surface area contributed by atoms with Gasteiger partial charge in [-0.1, -0.05) is 0 Å². The highest BCUT2D eigenvalue weighted by molar-refractivity contribution is 7.97. The van der Waals surface area contributed by atoms with E-state index >= 15 is 0 Å². The minimum Gasteiger partial charge on any atom is -0.497 e. The summed E-state index contributed by atoms with van der Waals surface area (Å²) in [5, 5.41) is 0. The molecule has 0 radical (unpaired) electrons. The second-order valence-corrected chi connectivity index (χ2v) is 7.14. The van der Waals surface area contributed by atoms with Crippen molar-refractivity contribution in [1.29, 1.82) is 0 Å². The molecule has 0 bridgehead atoms. The topological polar surface area (TPSA) is 18.5 Å². The van der Waals surface area contributed by atoms with Crippen molar-refractivity contribution in [2.24, 2.45) is 0 Å². The molecule has 3 rings (SSSR count). The first-order chi connectivity index (χ1) is 11.7. The van der Waals surface area contributed by atoms with E-state index in [1.54, 1.807) is 14.2 Å². The van der Waals surface area contributed by atoms with E-state index in [9.17, 15) is 4.39 Å². The first kappa shape index (κ1) is 16.4. The third kappa shape index (κ3) is 3.54. The maximum Gasteiger partial charge on any atom is 0.166 e. The Bertz CT molecular complexity index is 736. The van der Waals surface area contributed by atoms with Gasteiger partial charge in [0.1, 0.15) is 17.3 Å². The van der Waals surface area contributed by atoms with Crippen molar-refractivity contribution >= 4 is 10.9 Å². The molecule has 0 unspecified atom stereocenters. The zero-order valence-electron chi connectivity index (χ0n) is 13.5. The molecule has 0 amide bonds. The number of rotatable bonds is 5. The monoisotopic (exact) mass is 341 g/mol. The highest BCUT2D eigenvalue weighted by Crippen LogP contribution is 2.33. The van der Waals surface area contributed by atoms with E-state index in [1.807, 2.05) is 36.4 Å². The van der Waals surface area contributed by atoms with Crippen LogP contribution in [0.15, 0.2) is 87.5 Å². The molecule has 0 aliphatic heterocycles. The molecule has 3 aromatic rings. The Hall–Kier alpha value is -2.46. The molecule has 3 aromatic carbocycles. The summed E-state index contributed by atoms with van der Waals surface area (Å²) in [6, 6.07) is 22.7. The molecule has 122 valence electrons. The zero-order chi connectivity index (χ0) is 16.9. The summed E-state index contributed by atoms with van der Waals surface area (Å²) in [5.41, 5.74) is 0. The minimum atomic E-state index is -0.321. The fraction of sp³-hybridized carbons (Fsp3) is 0.100. The molecule has 0 heterocycles. The van der Waals surface area contributed by atoms with Crippen LogP contribution in [0.25, 0.3) is 0 Å². The van der Waals surface area contributed by atoms with Gasteiger partial charge in [0.05, 0.1) is 25.1 Å². The zero-order valence-corrected chi connectivity index (χ0v) is 14.3. The number of benzene rings is 3. The first-order valence-corrected chi connectivity index (χ1v) is 8.71. The van der Waals surface area contributed by atoms with E-state index in [1.165, 1.54) is 12.1 Å². The smallest absolute Gasteiger partial charge is 0.166 e. The van der Waals surface area contributed by atoms with Crippen LogP contribution in [0, 0.1) is 5.82 Å². The van der Waals surface area contributed by atoms with Crippen LogP contribution < -0.4 is 9.47 Å². The molecule has 0 N–H and O–H groups in total. The number of ether oxygens (including phenoxy) is 2. The fourth-order valence-electron chi connectivity index (χ4n) is 2.40. The second kappa shape index (κ2) is 7.41. The molecule has 0 saturated carbocycles. The number of methoxy groups -OCH3 is 2. The maximum atomic E-state index is 13.3. The summed E-state index contributed by atoms with van der Waals surface area (Å²) in [4.78, 5) is 3.35. The average Bonchev–Trinajstić information content (AvgIpc) is 2.64. The van der Waals surface area contributed by atoms with Crippen LogP contribution >= 0.6 is 0 Å². The number of hydrogen-bond acceptors (Lipinski definition) is 2. The van der Waals surface area contributed by atoms with Gasteiger partial charge >= 0.3 is 0 Å². The lowest BCUT2D eigenvalue weighted by atomic mass is 10.3. The molecule has 0 saturated heterocycles. The van der Waals surface area contributed by atoms with Gasteiger partial charge in [0.2, 0.25) is 0 Å². The van der Waals surface area contributed by atoms with Gasteiger partial charge in [-0.3, -0.25) is 0 Å². The standard InChI is InChI=1S/C20H18FO2S/c1-22-16-5-11-19(12-6-16)24(18-9-3-15(21)4-10-18)20-13-7-17(23-2)8-14-20/h3-14H,1-2H3/q+1. The lowest BCUT2D eigenvalue weighted by molar-refractivity contribution is 0.414. The van der Waals surface area contributed by atoms with Gasteiger partial charge in [0.15, 0.2) is 14.7 Å². The van der Waals surface area contributed by atoms with E-state index in [4.69, 9.17) is 9.47 Å². The molecule has 0 fully saturated rings. The van der Waals surface area contributed by atoms with Crippen molar-refractivity contribution in [3.8, 4) is 11.5 Å². The molecule has 0 aliphatic rings. The van der Waals surface area contributed by atoms with Gasteiger partial charge in [-0.25, -0.2) is 4.39 Å². The largest absolute Gasteiger partial charge is 0.497 e. The van der Waals surface area contributed by atoms with Crippen molar-refractivity contribution < 1.29 is 13.9 Å². The van der Waals surface area contributed by atoms with Crippen LogP contribution in [0.5, 0.6) is 11.5 Å². The van der Waals surface area contributed by atoms with Gasteiger partial charge in [-0.05, 0) is 72.8 Å². The Morgan fingerprint density at radius 1 is 0.583 bits per heavy atom. The van der Waals surface area contributed by atoms with E-state index in [-0.39, 0.29) is 16.7 Å². The van der Waals surface area contributed by atoms with Crippen LogP contribution in [-0.4, -0.2) is 14.2 Å². The first-order valence-electron chi connectivity index (χ1n) is 7.49. The highest BCUT2D eigenvalue weighted by atomic mass is 32.2.